The van der Waals surface area contributed by atoms with Crippen LogP contribution in [0.15, 0.2) is 24.3 Å². The van der Waals surface area contributed by atoms with Gasteiger partial charge in [0.25, 0.3) is 5.91 Å². The Morgan fingerprint density at radius 3 is 2.69 bits per heavy atom. The van der Waals surface area contributed by atoms with Gasteiger partial charge >= 0.3 is 5.97 Å². The van der Waals surface area contributed by atoms with Crippen LogP contribution in [0.5, 0.6) is 0 Å². The van der Waals surface area contributed by atoms with E-state index in [9.17, 15) is 19.2 Å². The lowest BCUT2D eigenvalue weighted by atomic mass is 10.1. The summed E-state index contributed by atoms with van der Waals surface area (Å²) < 4.78 is 5.17. The summed E-state index contributed by atoms with van der Waals surface area (Å²) in [5.74, 6) is -1.18. The molecule has 0 radical (unpaired) electrons. The summed E-state index contributed by atoms with van der Waals surface area (Å²) in [4.78, 5) is 51.0. The van der Waals surface area contributed by atoms with Gasteiger partial charge in [0.1, 0.15) is 6.04 Å². The Labute approximate surface area is 189 Å². The molecule has 3 amide bonds. The molecule has 0 bridgehead atoms. The second-order valence-electron chi connectivity index (χ2n) is 8.39. The van der Waals surface area contributed by atoms with Crippen LogP contribution in [-0.2, 0) is 19.1 Å². The predicted octanol–water partition coefficient (Wildman–Crippen LogP) is 1.54. The number of benzene rings is 1. The predicted molar refractivity (Wildman–Crippen MR) is 121 cm³/mol. The molecular weight excluding hydrogens is 412 g/mol. The smallest absolute Gasteiger partial charge is 0.308 e. The number of amides is 3. The second kappa shape index (κ2) is 12.1. The van der Waals surface area contributed by atoms with Gasteiger partial charge in [-0.15, -0.1) is 0 Å². The molecule has 176 valence electrons. The highest BCUT2D eigenvalue weighted by atomic mass is 16.5. The minimum Gasteiger partial charge on any atom is -0.465 e. The van der Waals surface area contributed by atoms with Crippen molar-refractivity contribution in [1.82, 2.24) is 15.5 Å². The van der Waals surface area contributed by atoms with Crippen molar-refractivity contribution in [2.75, 3.05) is 31.6 Å². The quantitative estimate of drug-likeness (QED) is 0.470. The molecule has 9 nitrogen and oxygen atoms in total. The van der Waals surface area contributed by atoms with E-state index in [1.165, 1.54) is 4.90 Å². The third-order valence-corrected chi connectivity index (χ3v) is 5.15. The molecule has 1 aliphatic rings. The molecule has 1 saturated heterocycles. The molecule has 2 rings (SSSR count). The molecule has 32 heavy (non-hydrogen) atoms. The second-order valence-corrected chi connectivity index (χ2v) is 8.39. The monoisotopic (exact) mass is 446 g/mol. The van der Waals surface area contributed by atoms with E-state index in [-0.39, 0.29) is 49.3 Å². The number of rotatable bonds is 10. The maximum absolute atomic E-state index is 12.8. The Hall–Kier alpha value is -3.10. The van der Waals surface area contributed by atoms with Crippen LogP contribution >= 0.6 is 0 Å². The summed E-state index contributed by atoms with van der Waals surface area (Å²) in [6.45, 7) is 8.61. The van der Waals surface area contributed by atoms with Crippen LogP contribution in [0.4, 0.5) is 5.69 Å². The van der Waals surface area contributed by atoms with Crippen molar-refractivity contribution in [2.45, 2.75) is 52.6 Å². The molecule has 2 atom stereocenters. The lowest BCUT2D eigenvalue weighted by Crippen LogP contribution is -2.58. The molecule has 1 aromatic carbocycles. The molecule has 0 spiro atoms. The highest BCUT2D eigenvalue weighted by Gasteiger charge is 2.35. The number of esters is 1. The topological polar surface area (TPSA) is 117 Å². The maximum Gasteiger partial charge on any atom is 0.308 e. The van der Waals surface area contributed by atoms with Crippen molar-refractivity contribution in [3.63, 3.8) is 0 Å². The van der Waals surface area contributed by atoms with Crippen molar-refractivity contribution in [2.24, 2.45) is 5.92 Å². The van der Waals surface area contributed by atoms with Crippen LogP contribution in [0, 0.1) is 5.92 Å². The molecule has 0 aliphatic carbocycles. The normalized spacial score (nSPS) is 16.8. The zero-order chi connectivity index (χ0) is 23.7. The Balaban J connectivity index is 1.98. The molecule has 1 aliphatic heterocycles. The van der Waals surface area contributed by atoms with Crippen molar-refractivity contribution < 1.29 is 23.9 Å². The molecule has 2 unspecified atom stereocenters. The molecule has 0 aromatic heterocycles. The Morgan fingerprint density at radius 2 is 2.00 bits per heavy atom. The Kier molecular flexibility index (Phi) is 9.49. The van der Waals surface area contributed by atoms with E-state index in [2.05, 4.69) is 16.0 Å². The number of ether oxygens (including phenoxy) is 1. The Morgan fingerprint density at radius 1 is 1.25 bits per heavy atom. The standard InChI is InChI=1S/C23H34N4O5/c1-5-16(4)26-22(30)17-7-6-8-18(11-17)25-13-20(28)27-10-9-24-23(31)19(27)12-21(29)32-14-15(2)3/h6-8,11,15-16,19,25H,5,9-10,12-14H2,1-4H3,(H,24,31)(H,26,30). The summed E-state index contributed by atoms with van der Waals surface area (Å²) in [6, 6.07) is 6.05. The van der Waals surface area contributed by atoms with E-state index in [0.717, 1.165) is 6.42 Å². The third kappa shape index (κ3) is 7.55. The first-order valence-electron chi connectivity index (χ1n) is 11.1. The molecule has 1 aromatic rings. The number of nitrogens with zero attached hydrogens (tertiary/aromatic N) is 1. The number of hydrogen-bond donors (Lipinski definition) is 3. The first-order valence-corrected chi connectivity index (χ1v) is 11.1. The highest BCUT2D eigenvalue weighted by molar-refractivity contribution is 5.96. The molecule has 0 saturated carbocycles. The van der Waals surface area contributed by atoms with E-state index >= 15 is 0 Å². The number of hydrogen-bond acceptors (Lipinski definition) is 6. The van der Waals surface area contributed by atoms with Gasteiger partial charge in [-0.05, 0) is 37.5 Å². The number of piperazine rings is 1. The summed E-state index contributed by atoms with van der Waals surface area (Å²) in [6.07, 6.45) is 0.642. The summed E-state index contributed by atoms with van der Waals surface area (Å²) >= 11 is 0. The van der Waals surface area contributed by atoms with Gasteiger partial charge in [-0.2, -0.15) is 0 Å². The van der Waals surface area contributed by atoms with Crippen molar-refractivity contribution in [1.29, 1.82) is 0 Å². The fourth-order valence-corrected chi connectivity index (χ4v) is 3.15. The fraction of sp³-hybridized carbons (Fsp3) is 0.565. The number of carbonyl (C=O) groups is 4. The van der Waals surface area contributed by atoms with E-state index in [1.807, 2.05) is 27.7 Å². The molecule has 1 fully saturated rings. The SMILES string of the molecule is CCC(C)NC(=O)c1cccc(NCC(=O)N2CCNC(=O)C2CC(=O)OCC(C)C)c1. The lowest BCUT2D eigenvalue weighted by Gasteiger charge is -2.34. The van der Waals surface area contributed by atoms with Gasteiger partial charge in [0, 0.05) is 30.4 Å². The average molecular weight is 447 g/mol. The lowest BCUT2D eigenvalue weighted by molar-refractivity contribution is -0.152. The van der Waals surface area contributed by atoms with Gasteiger partial charge in [-0.1, -0.05) is 26.8 Å². The number of nitrogens with one attached hydrogen (secondary N) is 3. The first kappa shape index (κ1) is 25.2. The molecule has 1 heterocycles. The van der Waals surface area contributed by atoms with Gasteiger partial charge in [-0.25, -0.2) is 0 Å². The zero-order valence-electron chi connectivity index (χ0n) is 19.3. The average Bonchev–Trinajstić information content (AvgIpc) is 2.77. The van der Waals surface area contributed by atoms with E-state index in [4.69, 9.17) is 4.74 Å². The fourth-order valence-electron chi connectivity index (χ4n) is 3.15. The van der Waals surface area contributed by atoms with Crippen molar-refractivity contribution in [3.8, 4) is 0 Å². The molecular formula is C23H34N4O5. The van der Waals surface area contributed by atoms with E-state index in [0.29, 0.717) is 24.3 Å². The summed E-state index contributed by atoms with van der Waals surface area (Å²) in [7, 11) is 0. The van der Waals surface area contributed by atoms with Crippen molar-refractivity contribution >= 4 is 29.4 Å². The summed E-state index contributed by atoms with van der Waals surface area (Å²) in [5, 5.41) is 8.62. The minimum absolute atomic E-state index is 0.0649. The van der Waals surface area contributed by atoms with Crippen LogP contribution in [0.2, 0.25) is 0 Å². The van der Waals surface area contributed by atoms with E-state index < -0.39 is 12.0 Å². The van der Waals surface area contributed by atoms with E-state index in [1.54, 1.807) is 24.3 Å². The zero-order valence-corrected chi connectivity index (χ0v) is 19.3. The van der Waals surface area contributed by atoms with Gasteiger partial charge < -0.3 is 25.6 Å². The van der Waals surface area contributed by atoms with Gasteiger partial charge in [0.05, 0.1) is 19.6 Å². The number of anilines is 1. The van der Waals surface area contributed by atoms with Crippen molar-refractivity contribution in [3.05, 3.63) is 29.8 Å². The van der Waals surface area contributed by atoms with Crippen LogP contribution in [0.25, 0.3) is 0 Å². The molecule has 3 N–H and O–H groups in total. The third-order valence-electron chi connectivity index (χ3n) is 5.15. The van der Waals surface area contributed by atoms with Crippen LogP contribution < -0.4 is 16.0 Å². The Bertz CT molecular complexity index is 826. The maximum atomic E-state index is 12.8. The van der Waals surface area contributed by atoms with Crippen LogP contribution in [0.1, 0.15) is 50.9 Å². The summed E-state index contributed by atoms with van der Waals surface area (Å²) in [5.41, 5.74) is 1.11. The highest BCUT2D eigenvalue weighted by Crippen LogP contribution is 2.14. The first-order chi connectivity index (χ1) is 15.2. The van der Waals surface area contributed by atoms with Gasteiger partial charge in [-0.3, -0.25) is 19.2 Å². The van der Waals surface area contributed by atoms with Crippen LogP contribution in [0.3, 0.4) is 0 Å². The minimum atomic E-state index is -0.898. The largest absolute Gasteiger partial charge is 0.465 e. The van der Waals surface area contributed by atoms with Gasteiger partial charge in [0.15, 0.2) is 0 Å². The molecule has 9 heteroatoms. The van der Waals surface area contributed by atoms with Gasteiger partial charge in [0.2, 0.25) is 11.8 Å². The van der Waals surface area contributed by atoms with Crippen LogP contribution in [-0.4, -0.2) is 66.9 Å². The number of carbonyl (C=O) groups excluding carboxylic acids is 4.